The zero-order valence-corrected chi connectivity index (χ0v) is 22.5. The van der Waals surface area contributed by atoms with Gasteiger partial charge in [0.25, 0.3) is 5.91 Å². The summed E-state index contributed by atoms with van der Waals surface area (Å²) in [6.07, 6.45) is 4.07. The second kappa shape index (κ2) is 10.8. The number of pyridine rings is 1. The molecule has 2 aromatic heterocycles. The largest absolute Gasteiger partial charge is 0.395 e. The molecule has 0 fully saturated rings. The van der Waals surface area contributed by atoms with E-state index in [0.29, 0.717) is 17.3 Å². The predicted octanol–water partition coefficient (Wildman–Crippen LogP) is 4.14. The molecule has 4 N–H and O–H groups in total. The summed E-state index contributed by atoms with van der Waals surface area (Å²) in [7, 11) is 2.03. The van der Waals surface area contributed by atoms with Gasteiger partial charge < -0.3 is 21.1 Å². The van der Waals surface area contributed by atoms with Crippen molar-refractivity contribution in [2.75, 3.05) is 24.3 Å². The summed E-state index contributed by atoms with van der Waals surface area (Å²) in [5, 5.41) is 19.2. The van der Waals surface area contributed by atoms with Crippen LogP contribution in [0.25, 0.3) is 0 Å². The maximum atomic E-state index is 12.9. The molecule has 37 heavy (non-hydrogen) atoms. The SMILES string of the molecule is CC(C)NC(=O)c1cnc(Nc2ccc3c(c2)CC(CO)N(C)C3)nc1Nc1ccnc(C(C)(C)C)c1. The summed E-state index contributed by atoms with van der Waals surface area (Å²) >= 11 is 0. The van der Waals surface area contributed by atoms with Crippen molar-refractivity contribution in [2.45, 2.75) is 65.1 Å². The van der Waals surface area contributed by atoms with Crippen LogP contribution in [0, 0.1) is 0 Å². The van der Waals surface area contributed by atoms with Crippen molar-refractivity contribution in [1.29, 1.82) is 0 Å². The van der Waals surface area contributed by atoms with Gasteiger partial charge in [0.05, 0.1) is 6.61 Å². The molecule has 1 atom stereocenters. The van der Waals surface area contributed by atoms with Crippen molar-refractivity contribution >= 4 is 29.0 Å². The van der Waals surface area contributed by atoms with Crippen LogP contribution in [0.2, 0.25) is 0 Å². The number of nitrogens with one attached hydrogen (secondary N) is 3. The highest BCUT2D eigenvalue weighted by Crippen LogP contribution is 2.28. The minimum atomic E-state index is -0.248. The van der Waals surface area contributed by atoms with Crippen molar-refractivity contribution in [1.82, 2.24) is 25.2 Å². The fourth-order valence-electron chi connectivity index (χ4n) is 4.29. The summed E-state index contributed by atoms with van der Waals surface area (Å²) < 4.78 is 0. The fourth-order valence-corrected chi connectivity index (χ4v) is 4.29. The quantitative estimate of drug-likeness (QED) is 0.380. The molecule has 4 rings (SSSR count). The van der Waals surface area contributed by atoms with Gasteiger partial charge in [-0.25, -0.2) is 4.98 Å². The van der Waals surface area contributed by atoms with Gasteiger partial charge in [-0.1, -0.05) is 26.8 Å². The number of likely N-dealkylation sites (N-methyl/N-ethyl adjacent to an activating group) is 1. The van der Waals surface area contributed by atoms with E-state index in [-0.39, 0.29) is 30.0 Å². The van der Waals surface area contributed by atoms with E-state index < -0.39 is 0 Å². The Morgan fingerprint density at radius 3 is 2.57 bits per heavy atom. The van der Waals surface area contributed by atoms with Crippen LogP contribution in [0.4, 0.5) is 23.1 Å². The number of amides is 1. The normalized spacial score (nSPS) is 15.8. The first-order valence-electron chi connectivity index (χ1n) is 12.6. The van der Waals surface area contributed by atoms with E-state index in [0.717, 1.165) is 30.0 Å². The van der Waals surface area contributed by atoms with Gasteiger partial charge in [-0.2, -0.15) is 4.98 Å². The summed E-state index contributed by atoms with van der Waals surface area (Å²) in [4.78, 5) is 28.7. The van der Waals surface area contributed by atoms with E-state index in [2.05, 4.69) is 68.7 Å². The van der Waals surface area contributed by atoms with E-state index in [9.17, 15) is 9.90 Å². The zero-order chi connectivity index (χ0) is 26.7. The third-order valence-electron chi connectivity index (χ3n) is 6.42. The summed E-state index contributed by atoms with van der Waals surface area (Å²) in [5.41, 5.74) is 5.24. The van der Waals surface area contributed by atoms with Gasteiger partial charge >= 0.3 is 0 Å². The first-order valence-corrected chi connectivity index (χ1v) is 12.6. The molecule has 3 aromatic rings. The van der Waals surface area contributed by atoms with Crippen LogP contribution >= 0.6 is 0 Å². The Hall–Kier alpha value is -3.56. The highest BCUT2D eigenvalue weighted by Gasteiger charge is 2.23. The summed E-state index contributed by atoms with van der Waals surface area (Å²) in [5.74, 6) is 0.531. The van der Waals surface area contributed by atoms with E-state index in [1.165, 1.54) is 17.3 Å². The van der Waals surface area contributed by atoms with Gasteiger partial charge in [0.2, 0.25) is 5.95 Å². The maximum Gasteiger partial charge on any atom is 0.256 e. The predicted molar refractivity (Wildman–Crippen MR) is 147 cm³/mol. The van der Waals surface area contributed by atoms with Crippen molar-refractivity contribution in [3.8, 4) is 0 Å². The Kier molecular flexibility index (Phi) is 7.75. The Bertz CT molecular complexity index is 1270. The lowest BCUT2D eigenvalue weighted by molar-refractivity contribution is 0.0943. The Morgan fingerprint density at radius 2 is 1.86 bits per heavy atom. The minimum absolute atomic E-state index is 0.0242. The molecule has 9 nitrogen and oxygen atoms in total. The summed E-state index contributed by atoms with van der Waals surface area (Å²) in [6.45, 7) is 11.1. The average Bonchev–Trinajstić information content (AvgIpc) is 2.83. The number of nitrogens with zero attached hydrogens (tertiary/aromatic N) is 4. The summed E-state index contributed by atoms with van der Waals surface area (Å²) in [6, 6.07) is 10.1. The van der Waals surface area contributed by atoms with Crippen LogP contribution in [0.15, 0.2) is 42.7 Å². The molecular weight excluding hydrogens is 466 g/mol. The molecule has 1 aliphatic heterocycles. The number of benzene rings is 1. The highest BCUT2D eigenvalue weighted by molar-refractivity contribution is 5.99. The van der Waals surface area contributed by atoms with Crippen molar-refractivity contribution in [3.05, 3.63) is 65.1 Å². The smallest absolute Gasteiger partial charge is 0.256 e. The van der Waals surface area contributed by atoms with Crippen LogP contribution in [0.1, 0.15) is 61.8 Å². The molecule has 1 unspecified atom stereocenters. The second-order valence-corrected chi connectivity index (χ2v) is 11.0. The standard InChI is InChI=1S/C28H37N7O2/c1-17(2)31-26(37)23-14-30-27(34-25(23)32-21-9-10-29-24(13-21)28(3,4)5)33-20-8-7-18-15-35(6)22(16-36)12-19(18)11-20/h7-11,13-14,17,22,36H,12,15-16H2,1-6H3,(H,31,37)(H2,29,30,32,33,34). The first-order chi connectivity index (χ1) is 17.5. The number of carbonyl (C=O) groups excluding carboxylic acids is 1. The molecule has 9 heteroatoms. The lowest BCUT2D eigenvalue weighted by atomic mass is 9.91. The van der Waals surface area contributed by atoms with E-state index in [4.69, 9.17) is 0 Å². The molecule has 3 heterocycles. The topological polar surface area (TPSA) is 115 Å². The molecule has 0 saturated heterocycles. The van der Waals surface area contributed by atoms with E-state index in [1.54, 1.807) is 6.20 Å². The van der Waals surface area contributed by atoms with Crippen LogP contribution in [-0.4, -0.2) is 56.6 Å². The first kappa shape index (κ1) is 26.5. The van der Waals surface area contributed by atoms with E-state index in [1.807, 2.05) is 39.1 Å². The molecule has 1 aromatic carbocycles. The van der Waals surface area contributed by atoms with Crippen LogP contribution < -0.4 is 16.0 Å². The van der Waals surface area contributed by atoms with Crippen molar-refractivity contribution in [2.24, 2.45) is 0 Å². The molecule has 1 aliphatic rings. The lowest BCUT2D eigenvalue weighted by Crippen LogP contribution is -2.39. The van der Waals surface area contributed by atoms with E-state index >= 15 is 0 Å². The third-order valence-corrected chi connectivity index (χ3v) is 6.42. The number of rotatable bonds is 7. The monoisotopic (exact) mass is 503 g/mol. The Labute approximate surface area is 218 Å². The third kappa shape index (κ3) is 6.42. The van der Waals surface area contributed by atoms with Crippen molar-refractivity contribution < 1.29 is 9.90 Å². The zero-order valence-electron chi connectivity index (χ0n) is 22.5. The number of aromatic nitrogens is 3. The molecular formula is C28H37N7O2. The van der Waals surface area contributed by atoms with Gasteiger partial charge in [0.1, 0.15) is 11.4 Å². The molecule has 0 bridgehead atoms. The molecule has 196 valence electrons. The van der Waals surface area contributed by atoms with Gasteiger partial charge in [-0.15, -0.1) is 0 Å². The molecule has 1 amide bonds. The number of carbonyl (C=O) groups is 1. The molecule has 0 aliphatic carbocycles. The highest BCUT2D eigenvalue weighted by atomic mass is 16.3. The fraction of sp³-hybridized carbons (Fsp3) is 0.429. The van der Waals surface area contributed by atoms with Crippen LogP contribution in [0.3, 0.4) is 0 Å². The van der Waals surface area contributed by atoms with Crippen LogP contribution in [-0.2, 0) is 18.4 Å². The average molecular weight is 504 g/mol. The molecule has 0 radical (unpaired) electrons. The minimum Gasteiger partial charge on any atom is -0.395 e. The number of hydrogen-bond acceptors (Lipinski definition) is 8. The number of aliphatic hydroxyl groups is 1. The number of anilines is 4. The lowest BCUT2D eigenvalue weighted by Gasteiger charge is -2.33. The molecule has 0 saturated carbocycles. The maximum absolute atomic E-state index is 12.9. The van der Waals surface area contributed by atoms with Gasteiger partial charge in [0, 0.05) is 53.5 Å². The van der Waals surface area contributed by atoms with Gasteiger partial charge in [0.15, 0.2) is 0 Å². The van der Waals surface area contributed by atoms with Crippen LogP contribution in [0.5, 0.6) is 0 Å². The second-order valence-electron chi connectivity index (χ2n) is 11.0. The van der Waals surface area contributed by atoms with Crippen molar-refractivity contribution in [3.63, 3.8) is 0 Å². The molecule has 0 spiro atoms. The van der Waals surface area contributed by atoms with Gasteiger partial charge in [-0.3, -0.25) is 14.7 Å². The number of fused-ring (bicyclic) bond motifs is 1. The number of hydrogen-bond donors (Lipinski definition) is 4. The number of aliphatic hydroxyl groups excluding tert-OH is 1. The Morgan fingerprint density at radius 1 is 1.11 bits per heavy atom. The van der Waals surface area contributed by atoms with Gasteiger partial charge in [-0.05, 0) is 62.7 Å². The Balaban J connectivity index is 1.64.